The van der Waals surface area contributed by atoms with Gasteiger partial charge in [0.05, 0.1) is 6.04 Å². The summed E-state index contributed by atoms with van der Waals surface area (Å²) in [4.78, 5) is 25.9. The number of carbonyl (C=O) groups is 2. The fourth-order valence-electron chi connectivity index (χ4n) is 7.99. The first kappa shape index (κ1) is 23.0. The lowest BCUT2D eigenvalue weighted by molar-refractivity contribution is -0.153. The Kier molecular flexibility index (Phi) is 5.87. The summed E-state index contributed by atoms with van der Waals surface area (Å²) < 4.78 is 0. The summed E-state index contributed by atoms with van der Waals surface area (Å²) in [6, 6.07) is 7.68. The lowest BCUT2D eigenvalue weighted by Gasteiger charge is -2.59. The molecule has 3 aliphatic carbocycles. The van der Waals surface area contributed by atoms with Crippen LogP contribution in [0.3, 0.4) is 0 Å². The molecule has 3 saturated carbocycles. The molecule has 178 valence electrons. The molecule has 0 radical (unpaired) electrons. The molecule has 1 heterocycles. The molecule has 0 saturated heterocycles. The fourth-order valence-corrected chi connectivity index (χ4v) is 8.12. The van der Waals surface area contributed by atoms with E-state index in [1.807, 2.05) is 31.2 Å². The van der Waals surface area contributed by atoms with Gasteiger partial charge in [-0.05, 0) is 85.3 Å². The lowest BCUT2D eigenvalue weighted by atomic mass is 9.48. The minimum Gasteiger partial charge on any atom is -0.273 e. The summed E-state index contributed by atoms with van der Waals surface area (Å²) in [6.07, 6.45) is 13.0. The lowest BCUT2D eigenvalue weighted by Crippen LogP contribution is -2.64. The van der Waals surface area contributed by atoms with E-state index in [0.29, 0.717) is 22.8 Å². The van der Waals surface area contributed by atoms with Gasteiger partial charge >= 0.3 is 0 Å². The van der Waals surface area contributed by atoms with Gasteiger partial charge in [0.25, 0.3) is 5.91 Å². The predicted octanol–water partition coefficient (Wildman–Crippen LogP) is 6.26. The summed E-state index contributed by atoms with van der Waals surface area (Å²) in [5, 5.41) is 2.37. The van der Waals surface area contributed by atoms with Gasteiger partial charge in [-0.1, -0.05) is 57.0 Å². The maximum Gasteiger partial charge on any atom is 0.264 e. The maximum absolute atomic E-state index is 13.0. The molecule has 4 aliphatic rings. The minimum absolute atomic E-state index is 0.0387. The highest BCUT2D eigenvalue weighted by molar-refractivity contribution is 6.30. The highest BCUT2D eigenvalue weighted by atomic mass is 35.5. The van der Waals surface area contributed by atoms with Crippen molar-refractivity contribution in [1.29, 1.82) is 0 Å². The van der Waals surface area contributed by atoms with Crippen LogP contribution in [0, 0.1) is 28.6 Å². The van der Waals surface area contributed by atoms with Crippen LogP contribution in [0.25, 0.3) is 0 Å². The topological polar surface area (TPSA) is 49.4 Å². The van der Waals surface area contributed by atoms with Gasteiger partial charge in [-0.15, -0.1) is 0 Å². The number of hydrazine groups is 1. The molecule has 3 fully saturated rings. The minimum atomic E-state index is -0.0995. The summed E-state index contributed by atoms with van der Waals surface area (Å²) in [5.74, 6) is 2.01. The molecule has 5 rings (SSSR count). The Hall–Kier alpha value is -1.81. The van der Waals surface area contributed by atoms with Crippen LogP contribution in [-0.2, 0) is 9.59 Å². The molecule has 4 nitrogen and oxygen atoms in total. The maximum atomic E-state index is 13.0. The first-order valence-electron chi connectivity index (χ1n) is 12.8. The largest absolute Gasteiger partial charge is 0.273 e. The van der Waals surface area contributed by atoms with Gasteiger partial charge in [0.2, 0.25) is 5.91 Å². The van der Waals surface area contributed by atoms with E-state index < -0.39 is 0 Å². The molecule has 0 spiro atoms. The van der Waals surface area contributed by atoms with E-state index in [0.717, 1.165) is 23.8 Å². The Balaban J connectivity index is 1.31. The third kappa shape index (κ3) is 3.92. The zero-order valence-electron chi connectivity index (χ0n) is 20.1. The van der Waals surface area contributed by atoms with Crippen molar-refractivity contribution in [1.82, 2.24) is 10.4 Å². The van der Waals surface area contributed by atoms with Crippen molar-refractivity contribution in [3.63, 3.8) is 0 Å². The summed E-state index contributed by atoms with van der Waals surface area (Å²) >= 11 is 6.00. The third-order valence-electron chi connectivity index (χ3n) is 9.82. The number of carbonyl (C=O) groups excluding carboxylic acids is 2. The highest BCUT2D eigenvalue weighted by Gasteiger charge is 2.58. The van der Waals surface area contributed by atoms with Gasteiger partial charge in [0.15, 0.2) is 0 Å². The van der Waals surface area contributed by atoms with Crippen LogP contribution in [0.2, 0.25) is 5.02 Å². The average Bonchev–Trinajstić information content (AvgIpc) is 3.18. The SMILES string of the molecule is CC(CC(=O)NN1C(=O)C=C[C@@]2(C)C1CC[C@@H]1[C@H]2CC[C@]2(C)CCC[C@@H]12)c1ccc(Cl)cc1. The number of nitrogens with one attached hydrogen (secondary N) is 1. The van der Waals surface area contributed by atoms with Gasteiger partial charge in [0.1, 0.15) is 0 Å². The van der Waals surface area contributed by atoms with Gasteiger partial charge in [-0.3, -0.25) is 15.0 Å². The van der Waals surface area contributed by atoms with E-state index >= 15 is 0 Å². The van der Waals surface area contributed by atoms with Crippen molar-refractivity contribution >= 4 is 23.4 Å². The molecule has 1 aromatic rings. The second-order valence-electron chi connectivity index (χ2n) is 11.7. The Bertz CT molecular complexity index is 959. The van der Waals surface area contributed by atoms with E-state index in [1.165, 1.54) is 38.5 Å². The molecule has 1 N–H and O–H groups in total. The number of amides is 2. The van der Waals surface area contributed by atoms with Gasteiger partial charge in [0, 0.05) is 22.9 Å². The second kappa shape index (κ2) is 8.45. The van der Waals surface area contributed by atoms with E-state index in [4.69, 9.17) is 11.6 Å². The molecule has 2 amide bonds. The van der Waals surface area contributed by atoms with Gasteiger partial charge in [-0.2, -0.15) is 0 Å². The van der Waals surface area contributed by atoms with Crippen LogP contribution >= 0.6 is 11.6 Å². The smallest absolute Gasteiger partial charge is 0.264 e. The molecule has 5 heteroatoms. The van der Waals surface area contributed by atoms with Gasteiger partial charge < -0.3 is 0 Å². The Labute approximate surface area is 203 Å². The normalized spacial score (nSPS) is 38.3. The number of hydrogen-bond acceptors (Lipinski definition) is 2. The number of benzene rings is 1. The molecular formula is C28H37ClN2O2. The average molecular weight is 469 g/mol. The molecule has 1 aromatic carbocycles. The number of halogens is 1. The van der Waals surface area contributed by atoms with E-state index in [2.05, 4.69) is 25.3 Å². The van der Waals surface area contributed by atoms with Crippen molar-refractivity contribution in [2.24, 2.45) is 28.6 Å². The predicted molar refractivity (Wildman–Crippen MR) is 131 cm³/mol. The monoisotopic (exact) mass is 468 g/mol. The van der Waals surface area contributed by atoms with Crippen LogP contribution in [0.1, 0.15) is 83.6 Å². The number of nitrogens with zero attached hydrogens (tertiary/aromatic N) is 1. The highest BCUT2D eigenvalue weighted by Crippen LogP contribution is 2.63. The Morgan fingerprint density at radius 2 is 1.88 bits per heavy atom. The molecule has 2 unspecified atom stereocenters. The summed E-state index contributed by atoms with van der Waals surface area (Å²) in [5.41, 5.74) is 4.54. The Morgan fingerprint density at radius 3 is 2.64 bits per heavy atom. The molecule has 7 atom stereocenters. The number of rotatable bonds is 4. The van der Waals surface area contributed by atoms with Crippen LogP contribution in [0.4, 0.5) is 0 Å². The van der Waals surface area contributed by atoms with Crippen molar-refractivity contribution in [2.45, 2.75) is 84.1 Å². The van der Waals surface area contributed by atoms with Crippen molar-refractivity contribution < 1.29 is 9.59 Å². The number of hydrogen-bond donors (Lipinski definition) is 1. The van der Waals surface area contributed by atoms with Crippen LogP contribution in [-0.4, -0.2) is 22.9 Å². The van der Waals surface area contributed by atoms with Crippen molar-refractivity contribution in [3.8, 4) is 0 Å². The van der Waals surface area contributed by atoms with Crippen LogP contribution in [0.15, 0.2) is 36.4 Å². The second-order valence-corrected chi connectivity index (χ2v) is 12.1. The quantitative estimate of drug-likeness (QED) is 0.566. The summed E-state index contributed by atoms with van der Waals surface area (Å²) in [7, 11) is 0. The van der Waals surface area contributed by atoms with Gasteiger partial charge in [-0.25, -0.2) is 5.01 Å². The van der Waals surface area contributed by atoms with Crippen LogP contribution in [0.5, 0.6) is 0 Å². The van der Waals surface area contributed by atoms with E-state index in [9.17, 15) is 9.59 Å². The first-order chi connectivity index (χ1) is 15.7. The summed E-state index contributed by atoms with van der Waals surface area (Å²) in [6.45, 7) is 6.89. The zero-order valence-corrected chi connectivity index (χ0v) is 20.9. The standard InChI is InChI=1S/C28H37ClN2O2/c1-18(19-6-8-20(29)9-7-19)17-25(32)30-31-24-11-10-21-22-5-4-14-27(22,2)15-12-23(21)28(24,3)16-13-26(31)33/h6-9,13,16,18,21-24H,4-5,10-12,14-15,17H2,1-3H3,(H,30,32)/t18?,21-,22-,23+,24?,27-,28+/m0/s1. The molecular weight excluding hydrogens is 432 g/mol. The van der Waals surface area contributed by atoms with Crippen LogP contribution < -0.4 is 5.43 Å². The first-order valence-corrected chi connectivity index (χ1v) is 13.2. The van der Waals surface area contributed by atoms with Crippen molar-refractivity contribution in [3.05, 3.63) is 47.0 Å². The Morgan fingerprint density at radius 1 is 1.12 bits per heavy atom. The van der Waals surface area contributed by atoms with Crippen molar-refractivity contribution in [2.75, 3.05) is 0 Å². The third-order valence-corrected chi connectivity index (χ3v) is 10.1. The molecule has 33 heavy (non-hydrogen) atoms. The van der Waals surface area contributed by atoms with E-state index in [1.54, 1.807) is 11.1 Å². The molecule has 0 aromatic heterocycles. The zero-order chi connectivity index (χ0) is 23.4. The van der Waals surface area contributed by atoms with E-state index in [-0.39, 0.29) is 29.2 Å². The fraction of sp³-hybridized carbons (Fsp3) is 0.643. The molecule has 0 bridgehead atoms. The molecule has 1 aliphatic heterocycles. The number of fused-ring (bicyclic) bond motifs is 5.